The van der Waals surface area contributed by atoms with Gasteiger partial charge in [-0.25, -0.2) is 0 Å². The predicted octanol–water partition coefficient (Wildman–Crippen LogP) is 3.81. The molecule has 0 aromatic heterocycles. The molecule has 0 saturated heterocycles. The van der Waals surface area contributed by atoms with Crippen LogP contribution in [0.4, 0.5) is 23.3 Å². The quantitative estimate of drug-likeness (QED) is 0.475. The van der Waals surface area contributed by atoms with Crippen molar-refractivity contribution in [2.45, 2.75) is 7.43 Å². The van der Waals surface area contributed by atoms with Gasteiger partial charge in [-0.15, -0.1) is 0 Å². The zero-order valence-electron chi connectivity index (χ0n) is 2.68. The van der Waals surface area contributed by atoms with Gasteiger partial charge in [-0.3, -0.25) is 0 Å². The molecule has 0 aliphatic heterocycles. The van der Waals surface area contributed by atoms with E-state index in [9.17, 15) is 23.3 Å². The molecule has 0 aromatic rings. The van der Waals surface area contributed by atoms with E-state index in [-0.39, 0.29) is 7.43 Å². The van der Waals surface area contributed by atoms with Crippen molar-refractivity contribution >= 4 is 10.6 Å². The first-order valence-corrected chi connectivity index (χ1v) is 2.78. The van der Waals surface area contributed by atoms with Crippen LogP contribution in [0.15, 0.2) is 0 Å². The van der Waals surface area contributed by atoms with Gasteiger partial charge in [0.2, 0.25) is 0 Å². The van der Waals surface area contributed by atoms with Crippen LogP contribution in [0.2, 0.25) is 0 Å². The number of halogens is 6. The lowest BCUT2D eigenvalue weighted by atomic mass is 12.0. The van der Waals surface area contributed by atoms with E-state index >= 15 is 0 Å². The Morgan fingerprint density at radius 2 is 0.625 bits per heavy atom. The standard InChI is InChI=1S/CH4.F6S/c;1-7(2,3,4,5)6/h1H4;. The summed E-state index contributed by atoms with van der Waals surface area (Å²) in [4.78, 5) is 0. The van der Waals surface area contributed by atoms with Gasteiger partial charge in [0.25, 0.3) is 0 Å². The monoisotopic (exact) mass is 162 g/mol. The van der Waals surface area contributed by atoms with Crippen LogP contribution in [-0.4, -0.2) is 0 Å². The van der Waals surface area contributed by atoms with Crippen molar-refractivity contribution in [3.8, 4) is 0 Å². The molecule has 0 atom stereocenters. The molecule has 7 heteroatoms. The lowest BCUT2D eigenvalue weighted by Gasteiger charge is -2.28. The largest absolute Gasteiger partial charge is 0.431 e. The lowest BCUT2D eigenvalue weighted by molar-refractivity contribution is 0.291. The first-order valence-electron chi connectivity index (χ1n) is 0.926. The van der Waals surface area contributed by atoms with E-state index in [0.29, 0.717) is 0 Å². The van der Waals surface area contributed by atoms with Gasteiger partial charge in [-0.1, -0.05) is 30.7 Å². The van der Waals surface area contributed by atoms with Crippen molar-refractivity contribution in [3.05, 3.63) is 0 Å². The minimum absolute atomic E-state index is 0. The van der Waals surface area contributed by atoms with Crippen LogP contribution in [0.3, 0.4) is 0 Å². The number of hydrogen-bond acceptors (Lipinski definition) is 0. The molecule has 0 amide bonds. The highest BCUT2D eigenvalue weighted by Crippen LogP contribution is 2.99. The first kappa shape index (κ1) is 10.8. The molecule has 0 saturated carbocycles. The van der Waals surface area contributed by atoms with Gasteiger partial charge in [0.05, 0.1) is 0 Å². The normalized spacial score (nSPS) is 20.2. The van der Waals surface area contributed by atoms with Crippen molar-refractivity contribution in [1.82, 2.24) is 0 Å². The predicted molar refractivity (Wildman–Crippen MR) is 21.0 cm³/mol. The molecule has 8 heavy (non-hydrogen) atoms. The summed E-state index contributed by atoms with van der Waals surface area (Å²) in [6.07, 6.45) is 0. The Morgan fingerprint density at radius 3 is 0.625 bits per heavy atom. The average molecular weight is 162 g/mol. The lowest BCUT2D eigenvalue weighted by Crippen LogP contribution is -1.92. The van der Waals surface area contributed by atoms with Crippen LogP contribution in [0.1, 0.15) is 7.43 Å². The van der Waals surface area contributed by atoms with Gasteiger partial charge in [0.15, 0.2) is 0 Å². The molecule has 0 aliphatic rings. The van der Waals surface area contributed by atoms with Gasteiger partial charge in [0.1, 0.15) is 0 Å². The number of rotatable bonds is 0. The highest BCUT2D eigenvalue weighted by Gasteiger charge is 2.64. The summed E-state index contributed by atoms with van der Waals surface area (Å²) in [7, 11) is -10.5. The minimum Gasteiger partial charge on any atom is -0.0776 e. The fourth-order valence-corrected chi connectivity index (χ4v) is 0. The maximum absolute atomic E-state index is 10.5. The summed E-state index contributed by atoms with van der Waals surface area (Å²) < 4.78 is 59.1. The fraction of sp³-hybridized carbons (Fsp3) is 1.00. The van der Waals surface area contributed by atoms with E-state index in [4.69, 9.17) is 0 Å². The highest BCUT2D eigenvalue weighted by atomic mass is 32.5. The molecule has 0 aromatic carbocycles. The zero-order valence-corrected chi connectivity index (χ0v) is 3.49. The Labute approximate surface area is 42.5 Å². The molecule has 0 rings (SSSR count). The molecule has 0 bridgehead atoms. The van der Waals surface area contributed by atoms with Crippen molar-refractivity contribution in [2.24, 2.45) is 0 Å². The summed E-state index contributed by atoms with van der Waals surface area (Å²) in [6.45, 7) is 0. The molecule has 0 aliphatic carbocycles. The topological polar surface area (TPSA) is 0 Å². The number of hydrogen-bond donors (Lipinski definition) is 0. The Kier molecular flexibility index (Phi) is 1.48. The summed E-state index contributed by atoms with van der Waals surface area (Å²) in [5.41, 5.74) is 0. The fourth-order valence-electron chi connectivity index (χ4n) is 0. The third-order valence-electron chi connectivity index (χ3n) is 0. The second-order valence-electron chi connectivity index (χ2n) is 0.875. The van der Waals surface area contributed by atoms with E-state index in [1.807, 2.05) is 0 Å². The van der Waals surface area contributed by atoms with Gasteiger partial charge in [-0.2, -0.15) is 0 Å². The summed E-state index contributed by atoms with van der Waals surface area (Å²) >= 11 is 0. The third kappa shape index (κ3) is 29400. The average Bonchev–Trinajstić information content (AvgIpc) is 0.592. The summed E-state index contributed by atoms with van der Waals surface area (Å²) in [6, 6.07) is 0. The molecule has 0 radical (unpaired) electrons. The molecule has 0 heterocycles. The van der Waals surface area contributed by atoms with Crippen molar-refractivity contribution in [3.63, 3.8) is 0 Å². The van der Waals surface area contributed by atoms with Gasteiger partial charge < -0.3 is 0 Å². The maximum Gasteiger partial charge on any atom is 0.431 e. The molecule has 0 N–H and O–H groups in total. The summed E-state index contributed by atoms with van der Waals surface area (Å²) in [5.74, 6) is 0. The highest BCUT2D eigenvalue weighted by molar-refractivity contribution is 8.41. The smallest absolute Gasteiger partial charge is 0.0776 e. The Hall–Kier alpha value is -0.0700. The van der Waals surface area contributed by atoms with Gasteiger partial charge in [-0.05, 0) is 0 Å². The second-order valence-corrected chi connectivity index (χ2v) is 2.62. The Morgan fingerprint density at radius 1 is 0.625 bits per heavy atom. The van der Waals surface area contributed by atoms with Crippen LogP contribution >= 0.6 is 10.6 Å². The molecular weight excluding hydrogens is 158 g/mol. The van der Waals surface area contributed by atoms with E-state index < -0.39 is 10.6 Å². The maximum atomic E-state index is 9.85. The Balaban J connectivity index is 0. The van der Waals surface area contributed by atoms with Gasteiger partial charge >= 0.3 is 10.6 Å². The SMILES string of the molecule is C.FS(F)(F)(F)(F)F. The molecule has 0 fully saturated rings. The summed E-state index contributed by atoms with van der Waals surface area (Å²) in [5, 5.41) is 0. The van der Waals surface area contributed by atoms with Crippen LogP contribution in [0, 0.1) is 0 Å². The minimum atomic E-state index is -10.5. The van der Waals surface area contributed by atoms with Gasteiger partial charge in [0, 0.05) is 0 Å². The third-order valence-corrected chi connectivity index (χ3v) is 0. The van der Waals surface area contributed by atoms with E-state index in [0.717, 1.165) is 0 Å². The molecule has 56 valence electrons. The van der Waals surface area contributed by atoms with E-state index in [1.54, 1.807) is 0 Å². The van der Waals surface area contributed by atoms with E-state index in [1.165, 1.54) is 0 Å². The first-order chi connectivity index (χ1) is 2.45. The van der Waals surface area contributed by atoms with Crippen molar-refractivity contribution < 1.29 is 23.3 Å². The Bertz CT molecular complexity index is 67.1. The molecular formula is CH4F6S. The van der Waals surface area contributed by atoms with Crippen LogP contribution in [-0.2, 0) is 0 Å². The second kappa shape index (κ2) is 1.09. The molecule has 0 nitrogen and oxygen atoms in total. The van der Waals surface area contributed by atoms with Crippen LogP contribution in [0.25, 0.3) is 0 Å². The zero-order chi connectivity index (χ0) is 6.41. The van der Waals surface area contributed by atoms with Crippen LogP contribution in [0.5, 0.6) is 0 Å². The van der Waals surface area contributed by atoms with Crippen molar-refractivity contribution in [2.75, 3.05) is 0 Å². The van der Waals surface area contributed by atoms with Crippen LogP contribution < -0.4 is 0 Å². The van der Waals surface area contributed by atoms with E-state index in [2.05, 4.69) is 0 Å². The molecule has 0 unspecified atom stereocenters. The van der Waals surface area contributed by atoms with Crippen molar-refractivity contribution in [1.29, 1.82) is 0 Å². The molecule has 0 spiro atoms.